The van der Waals surface area contributed by atoms with Gasteiger partial charge in [0.25, 0.3) is 5.91 Å². The van der Waals surface area contributed by atoms with Crippen LogP contribution >= 0.6 is 0 Å². The molecule has 0 radical (unpaired) electrons. The molecule has 1 heterocycles. The number of nitrogens with one attached hydrogen (secondary N) is 1. The number of benzene rings is 1. The van der Waals surface area contributed by atoms with Gasteiger partial charge in [0.1, 0.15) is 0 Å². The fourth-order valence-electron chi connectivity index (χ4n) is 2.89. The molecule has 1 aromatic carbocycles. The van der Waals surface area contributed by atoms with Gasteiger partial charge in [0, 0.05) is 25.2 Å². The number of rotatable bonds is 7. The van der Waals surface area contributed by atoms with Crippen molar-refractivity contribution in [2.75, 3.05) is 19.7 Å². The molecule has 154 valence electrons. The minimum Gasteiger partial charge on any atom is -0.452 e. The van der Waals surface area contributed by atoms with Crippen LogP contribution in [0, 0.1) is 0 Å². The number of esters is 1. The first-order chi connectivity index (χ1) is 13.3. The smallest absolute Gasteiger partial charge is 0.331 e. The molecule has 0 aliphatic carbocycles. The van der Waals surface area contributed by atoms with Gasteiger partial charge < -0.3 is 10.1 Å². The van der Waals surface area contributed by atoms with E-state index in [2.05, 4.69) is 5.32 Å². The summed E-state index contributed by atoms with van der Waals surface area (Å²) in [6.45, 7) is 4.40. The van der Waals surface area contributed by atoms with E-state index in [0.717, 1.165) is 25.7 Å². The van der Waals surface area contributed by atoms with E-state index in [1.54, 1.807) is 28.6 Å². The highest BCUT2D eigenvalue weighted by molar-refractivity contribution is 7.89. The Balaban J connectivity index is 1.93. The molecular weight excluding hydrogens is 380 g/mol. The Morgan fingerprint density at radius 1 is 1.11 bits per heavy atom. The van der Waals surface area contributed by atoms with Crippen LogP contribution in [-0.2, 0) is 24.3 Å². The SMILES string of the molecule is CC(C)NC(=O)COC(=O)/C=C/c1ccc(S(=O)(=O)N2CCCCCC2)cc1. The Bertz CT molecular complexity index is 792. The molecule has 0 aromatic heterocycles. The third-order valence-corrected chi connectivity index (χ3v) is 6.20. The quantitative estimate of drug-likeness (QED) is 0.552. The van der Waals surface area contributed by atoms with E-state index in [1.807, 2.05) is 13.8 Å². The zero-order valence-corrected chi connectivity index (χ0v) is 17.2. The predicted molar refractivity (Wildman–Crippen MR) is 107 cm³/mol. The summed E-state index contributed by atoms with van der Waals surface area (Å²) < 4.78 is 31.9. The van der Waals surface area contributed by atoms with Gasteiger partial charge in [-0.15, -0.1) is 0 Å². The Kier molecular flexibility index (Phi) is 8.19. The summed E-state index contributed by atoms with van der Waals surface area (Å²) in [6.07, 6.45) is 6.62. The van der Waals surface area contributed by atoms with Gasteiger partial charge in [-0.1, -0.05) is 25.0 Å². The number of ether oxygens (including phenoxy) is 1. The van der Waals surface area contributed by atoms with Crippen molar-refractivity contribution in [2.45, 2.75) is 50.5 Å². The lowest BCUT2D eigenvalue weighted by Crippen LogP contribution is -2.33. The van der Waals surface area contributed by atoms with E-state index in [1.165, 1.54) is 12.2 Å². The van der Waals surface area contributed by atoms with Gasteiger partial charge >= 0.3 is 5.97 Å². The topological polar surface area (TPSA) is 92.8 Å². The molecule has 0 unspecified atom stereocenters. The molecular formula is C20H28N2O5S. The van der Waals surface area contributed by atoms with Gasteiger partial charge in [0.2, 0.25) is 10.0 Å². The second-order valence-corrected chi connectivity index (χ2v) is 8.99. The fraction of sp³-hybridized carbons (Fsp3) is 0.500. The Morgan fingerprint density at radius 3 is 2.29 bits per heavy atom. The minimum absolute atomic E-state index is 0.0224. The third-order valence-electron chi connectivity index (χ3n) is 4.29. The molecule has 7 nitrogen and oxygen atoms in total. The maximum atomic E-state index is 12.7. The van der Waals surface area contributed by atoms with Gasteiger partial charge in [0.15, 0.2) is 6.61 Å². The third kappa shape index (κ3) is 6.76. The van der Waals surface area contributed by atoms with Crippen molar-refractivity contribution < 1.29 is 22.7 Å². The largest absolute Gasteiger partial charge is 0.452 e. The van der Waals surface area contributed by atoms with Crippen LogP contribution in [-0.4, -0.2) is 50.3 Å². The number of carbonyl (C=O) groups is 2. The monoisotopic (exact) mass is 408 g/mol. The average Bonchev–Trinajstić information content (AvgIpc) is 2.94. The van der Waals surface area contributed by atoms with Crippen molar-refractivity contribution in [2.24, 2.45) is 0 Å². The first-order valence-corrected chi connectivity index (χ1v) is 11.0. The van der Waals surface area contributed by atoms with Crippen molar-refractivity contribution in [3.63, 3.8) is 0 Å². The lowest BCUT2D eigenvalue weighted by atomic mass is 10.2. The molecule has 1 aliphatic rings. The molecule has 1 aromatic rings. The highest BCUT2D eigenvalue weighted by Gasteiger charge is 2.24. The highest BCUT2D eigenvalue weighted by atomic mass is 32.2. The van der Waals surface area contributed by atoms with Gasteiger partial charge in [0.05, 0.1) is 4.90 Å². The van der Waals surface area contributed by atoms with Crippen LogP contribution in [0.3, 0.4) is 0 Å². The molecule has 8 heteroatoms. The summed E-state index contributed by atoms with van der Waals surface area (Å²) in [5.74, 6) is -1.00. The maximum absolute atomic E-state index is 12.7. The zero-order chi connectivity index (χ0) is 20.6. The Hall–Kier alpha value is -2.19. The van der Waals surface area contributed by atoms with Crippen molar-refractivity contribution >= 4 is 28.0 Å². The first kappa shape index (κ1) is 22.1. The van der Waals surface area contributed by atoms with E-state index < -0.39 is 16.0 Å². The van der Waals surface area contributed by atoms with Crippen LogP contribution in [0.25, 0.3) is 6.08 Å². The normalized spacial score (nSPS) is 16.1. The lowest BCUT2D eigenvalue weighted by Gasteiger charge is -2.19. The molecule has 1 fully saturated rings. The van der Waals surface area contributed by atoms with E-state index in [-0.39, 0.29) is 23.5 Å². The summed E-state index contributed by atoms with van der Waals surface area (Å²) in [5.41, 5.74) is 0.665. The van der Waals surface area contributed by atoms with Crippen LogP contribution in [0.4, 0.5) is 0 Å². The van der Waals surface area contributed by atoms with Crippen LogP contribution < -0.4 is 5.32 Å². The fourth-order valence-corrected chi connectivity index (χ4v) is 4.41. The van der Waals surface area contributed by atoms with E-state index in [0.29, 0.717) is 18.7 Å². The van der Waals surface area contributed by atoms with E-state index >= 15 is 0 Å². The number of hydrogen-bond donors (Lipinski definition) is 1. The van der Waals surface area contributed by atoms with Gasteiger partial charge in [-0.25, -0.2) is 13.2 Å². The zero-order valence-electron chi connectivity index (χ0n) is 16.4. The average molecular weight is 409 g/mol. The molecule has 1 aliphatic heterocycles. The van der Waals surface area contributed by atoms with Gasteiger partial charge in [-0.3, -0.25) is 4.79 Å². The molecule has 1 amide bonds. The summed E-state index contributed by atoms with van der Waals surface area (Å²) in [6, 6.07) is 6.34. The highest BCUT2D eigenvalue weighted by Crippen LogP contribution is 2.21. The standard InChI is InChI=1S/C20H28N2O5S/c1-16(2)21-19(23)15-27-20(24)12-9-17-7-10-18(11-8-17)28(25,26)22-13-5-3-4-6-14-22/h7-12,16H,3-6,13-15H2,1-2H3,(H,21,23)/b12-9+. The van der Waals surface area contributed by atoms with Crippen molar-refractivity contribution in [3.05, 3.63) is 35.9 Å². The second-order valence-electron chi connectivity index (χ2n) is 7.05. The van der Waals surface area contributed by atoms with E-state index in [4.69, 9.17) is 4.74 Å². The molecule has 2 rings (SSSR count). The van der Waals surface area contributed by atoms with Crippen LogP contribution in [0.5, 0.6) is 0 Å². The summed E-state index contributed by atoms with van der Waals surface area (Å²) in [7, 11) is -3.49. The minimum atomic E-state index is -3.49. The number of amides is 1. The summed E-state index contributed by atoms with van der Waals surface area (Å²) >= 11 is 0. The first-order valence-electron chi connectivity index (χ1n) is 9.53. The molecule has 0 saturated carbocycles. The number of carbonyl (C=O) groups excluding carboxylic acids is 2. The number of sulfonamides is 1. The number of nitrogens with zero attached hydrogens (tertiary/aromatic N) is 1. The van der Waals surface area contributed by atoms with Crippen molar-refractivity contribution in [1.82, 2.24) is 9.62 Å². The van der Waals surface area contributed by atoms with E-state index in [9.17, 15) is 18.0 Å². The summed E-state index contributed by atoms with van der Waals surface area (Å²) in [4.78, 5) is 23.4. The molecule has 0 bridgehead atoms. The Labute approximate surface area is 166 Å². The lowest BCUT2D eigenvalue weighted by molar-refractivity contribution is -0.143. The number of hydrogen-bond acceptors (Lipinski definition) is 5. The van der Waals surface area contributed by atoms with Crippen LogP contribution in [0.15, 0.2) is 35.2 Å². The Morgan fingerprint density at radius 2 is 1.71 bits per heavy atom. The molecule has 1 N–H and O–H groups in total. The van der Waals surface area contributed by atoms with Crippen molar-refractivity contribution in [3.8, 4) is 0 Å². The van der Waals surface area contributed by atoms with Gasteiger partial charge in [-0.05, 0) is 50.5 Å². The van der Waals surface area contributed by atoms with Gasteiger partial charge in [-0.2, -0.15) is 4.31 Å². The predicted octanol–water partition coefficient (Wildman–Crippen LogP) is 2.33. The van der Waals surface area contributed by atoms with Crippen LogP contribution in [0.2, 0.25) is 0 Å². The second kappa shape index (κ2) is 10.4. The molecule has 1 saturated heterocycles. The van der Waals surface area contributed by atoms with Crippen molar-refractivity contribution in [1.29, 1.82) is 0 Å². The maximum Gasteiger partial charge on any atom is 0.331 e. The molecule has 0 atom stereocenters. The van der Waals surface area contributed by atoms with Crippen LogP contribution in [0.1, 0.15) is 45.1 Å². The summed E-state index contributed by atoms with van der Waals surface area (Å²) in [5, 5.41) is 2.62. The molecule has 28 heavy (non-hydrogen) atoms. The molecule has 0 spiro atoms.